The molecule has 1 aliphatic heterocycles. The highest BCUT2D eigenvalue weighted by Crippen LogP contribution is 2.09. The summed E-state index contributed by atoms with van der Waals surface area (Å²) in [4.78, 5) is 4.94. The number of hydrogen-bond donors (Lipinski definition) is 2. The van der Waals surface area contributed by atoms with Gasteiger partial charge in [0.25, 0.3) is 0 Å². The van der Waals surface area contributed by atoms with Crippen molar-refractivity contribution in [1.82, 2.24) is 10.5 Å². The zero-order valence-corrected chi connectivity index (χ0v) is 7.36. The molecule has 0 radical (unpaired) electrons. The lowest BCUT2D eigenvalue weighted by Gasteiger charge is -2.02. The van der Waals surface area contributed by atoms with E-state index in [1.54, 1.807) is 16.8 Å². The molecule has 1 rings (SSSR count). The molecular weight excluding hydrogens is 162 g/mol. The lowest BCUT2D eigenvalue weighted by atomic mass is 10.6. The summed E-state index contributed by atoms with van der Waals surface area (Å²) in [6.45, 7) is 0.731. The zero-order valence-electron chi connectivity index (χ0n) is 6.54. The third-order valence-corrected chi connectivity index (χ3v) is 2.22. The Bertz CT molecular complexity index is 151. The molecule has 0 saturated carbocycles. The van der Waals surface area contributed by atoms with Crippen molar-refractivity contribution in [3.8, 4) is 0 Å². The van der Waals surface area contributed by atoms with Crippen LogP contribution in [-0.4, -0.2) is 30.2 Å². The van der Waals surface area contributed by atoms with Crippen LogP contribution in [0.2, 0.25) is 0 Å². The molecule has 0 bridgehead atoms. The van der Waals surface area contributed by atoms with Crippen LogP contribution in [0.25, 0.3) is 0 Å². The predicted molar refractivity (Wildman–Crippen MR) is 46.4 cm³/mol. The smallest absolute Gasteiger partial charge is 0.0685 e. The Morgan fingerprint density at radius 2 is 2.64 bits per heavy atom. The van der Waals surface area contributed by atoms with E-state index >= 15 is 0 Å². The largest absolute Gasteiger partial charge is 0.330 e. The second-order valence-corrected chi connectivity index (χ2v) is 3.34. The Labute approximate surface area is 70.7 Å². The lowest BCUT2D eigenvalue weighted by Crippen LogP contribution is -2.14. The minimum atomic E-state index is 0.731. The van der Waals surface area contributed by atoms with Crippen LogP contribution in [0.4, 0.5) is 0 Å². The van der Waals surface area contributed by atoms with E-state index in [-0.39, 0.29) is 0 Å². The van der Waals surface area contributed by atoms with Crippen LogP contribution in [0.1, 0.15) is 0 Å². The summed E-state index contributed by atoms with van der Waals surface area (Å²) in [6, 6.07) is 0. The summed E-state index contributed by atoms with van der Waals surface area (Å²) in [5.41, 5.74) is 9.22. The van der Waals surface area contributed by atoms with Gasteiger partial charge in [0.1, 0.15) is 0 Å². The molecule has 0 saturated heterocycles. The number of hydrogen-bond acceptors (Lipinski definition) is 5. The van der Waals surface area contributed by atoms with Crippen LogP contribution in [0, 0.1) is 0 Å². The quantitative estimate of drug-likeness (QED) is 0.584. The van der Waals surface area contributed by atoms with E-state index in [0.717, 1.165) is 23.7 Å². The van der Waals surface area contributed by atoms with Gasteiger partial charge in [-0.15, -0.1) is 0 Å². The molecule has 1 aliphatic rings. The van der Waals surface area contributed by atoms with E-state index < -0.39 is 0 Å². The fraction of sp³-hybridized carbons (Fsp3) is 0.667. The van der Waals surface area contributed by atoms with E-state index in [0.29, 0.717) is 0 Å². The topological polar surface area (TPSA) is 50.5 Å². The van der Waals surface area contributed by atoms with Gasteiger partial charge < -0.3 is 5.73 Å². The maximum Gasteiger partial charge on any atom is 0.0685 e. The van der Waals surface area contributed by atoms with E-state index in [9.17, 15) is 0 Å². The highest BCUT2D eigenvalue weighted by molar-refractivity contribution is 7.99. The highest BCUT2D eigenvalue weighted by atomic mass is 32.2. The van der Waals surface area contributed by atoms with Crippen molar-refractivity contribution >= 4 is 11.8 Å². The monoisotopic (exact) mass is 175 g/mol. The fourth-order valence-electron chi connectivity index (χ4n) is 0.735. The summed E-state index contributed by atoms with van der Waals surface area (Å²) >= 11 is 1.79. The van der Waals surface area contributed by atoms with Crippen molar-refractivity contribution < 1.29 is 4.94 Å². The number of hydroxylamine groups is 3. The minimum Gasteiger partial charge on any atom is -0.330 e. The van der Waals surface area contributed by atoms with Gasteiger partial charge in [-0.3, -0.25) is 0 Å². The predicted octanol–water partition coefficient (Wildman–Crippen LogP) is -0.0987. The van der Waals surface area contributed by atoms with Crippen LogP contribution < -0.4 is 11.2 Å². The SMILES string of the molecule is CN1C=C(CSCCN)NO1. The van der Waals surface area contributed by atoms with Gasteiger partial charge >= 0.3 is 0 Å². The van der Waals surface area contributed by atoms with Gasteiger partial charge in [-0.1, -0.05) is 0 Å². The number of nitrogens with zero attached hydrogens (tertiary/aromatic N) is 1. The first-order valence-corrected chi connectivity index (χ1v) is 4.62. The van der Waals surface area contributed by atoms with Crippen molar-refractivity contribution in [3.63, 3.8) is 0 Å². The Morgan fingerprint density at radius 3 is 3.18 bits per heavy atom. The van der Waals surface area contributed by atoms with Crippen molar-refractivity contribution in [2.45, 2.75) is 0 Å². The molecule has 11 heavy (non-hydrogen) atoms. The normalized spacial score (nSPS) is 16.5. The fourth-order valence-corrected chi connectivity index (χ4v) is 1.40. The number of thioether (sulfide) groups is 1. The van der Waals surface area contributed by atoms with Crippen LogP contribution in [0.15, 0.2) is 11.9 Å². The van der Waals surface area contributed by atoms with E-state index in [2.05, 4.69) is 5.48 Å². The van der Waals surface area contributed by atoms with E-state index in [1.165, 1.54) is 0 Å². The van der Waals surface area contributed by atoms with Gasteiger partial charge in [0.15, 0.2) is 0 Å². The molecule has 0 atom stereocenters. The molecule has 0 spiro atoms. The molecule has 0 aromatic rings. The first-order valence-electron chi connectivity index (χ1n) is 3.47. The second-order valence-electron chi connectivity index (χ2n) is 2.24. The van der Waals surface area contributed by atoms with Gasteiger partial charge in [-0.2, -0.15) is 16.7 Å². The molecule has 64 valence electrons. The Morgan fingerprint density at radius 1 is 1.82 bits per heavy atom. The molecule has 5 heteroatoms. The second kappa shape index (κ2) is 4.48. The van der Waals surface area contributed by atoms with Gasteiger partial charge in [-0.05, 0) is 0 Å². The average molecular weight is 175 g/mol. The van der Waals surface area contributed by atoms with Gasteiger partial charge in [-0.25, -0.2) is 10.5 Å². The molecule has 0 aromatic heterocycles. The van der Waals surface area contributed by atoms with Gasteiger partial charge in [0.2, 0.25) is 0 Å². The Kier molecular flexibility index (Phi) is 3.55. The maximum absolute atomic E-state index is 5.34. The van der Waals surface area contributed by atoms with Gasteiger partial charge in [0.05, 0.1) is 11.9 Å². The highest BCUT2D eigenvalue weighted by Gasteiger charge is 2.07. The summed E-state index contributed by atoms with van der Waals surface area (Å²) in [5.74, 6) is 1.92. The average Bonchev–Trinajstić information content (AvgIpc) is 2.37. The first-order chi connectivity index (χ1) is 5.33. The lowest BCUT2D eigenvalue weighted by molar-refractivity contribution is -0.125. The van der Waals surface area contributed by atoms with Crippen molar-refractivity contribution in [2.24, 2.45) is 5.73 Å². The molecule has 0 aliphatic carbocycles. The first kappa shape index (κ1) is 8.70. The summed E-state index contributed by atoms with van der Waals surface area (Å²) in [5, 5.41) is 1.64. The molecule has 0 fully saturated rings. The zero-order chi connectivity index (χ0) is 8.10. The Hall–Kier alpha value is -0.390. The van der Waals surface area contributed by atoms with Crippen molar-refractivity contribution in [3.05, 3.63) is 11.9 Å². The number of nitrogens with two attached hydrogens (primary N) is 1. The van der Waals surface area contributed by atoms with E-state index in [4.69, 9.17) is 10.7 Å². The van der Waals surface area contributed by atoms with E-state index in [1.807, 2.05) is 13.2 Å². The van der Waals surface area contributed by atoms with Crippen LogP contribution >= 0.6 is 11.8 Å². The van der Waals surface area contributed by atoms with Crippen LogP contribution in [0.5, 0.6) is 0 Å². The number of nitrogens with one attached hydrogen (secondary N) is 1. The molecule has 0 aromatic carbocycles. The molecule has 0 amide bonds. The molecular formula is C6H13N3OS. The summed E-state index contributed by atoms with van der Waals surface area (Å²) in [7, 11) is 1.84. The van der Waals surface area contributed by atoms with Crippen molar-refractivity contribution in [1.29, 1.82) is 0 Å². The number of rotatable bonds is 4. The Balaban J connectivity index is 2.12. The van der Waals surface area contributed by atoms with Crippen molar-refractivity contribution in [2.75, 3.05) is 25.1 Å². The minimum absolute atomic E-state index is 0.731. The molecule has 4 nitrogen and oxygen atoms in total. The summed E-state index contributed by atoms with van der Waals surface area (Å²) in [6.07, 6.45) is 1.92. The molecule has 0 unspecified atom stereocenters. The van der Waals surface area contributed by atoms with Crippen LogP contribution in [-0.2, 0) is 4.94 Å². The third-order valence-electron chi connectivity index (χ3n) is 1.18. The van der Waals surface area contributed by atoms with Gasteiger partial charge in [0, 0.05) is 25.1 Å². The summed E-state index contributed by atoms with van der Waals surface area (Å²) < 4.78 is 0. The molecule has 3 N–H and O–H groups in total. The molecule has 1 heterocycles. The maximum atomic E-state index is 5.34. The third kappa shape index (κ3) is 3.00. The standard InChI is InChI=1S/C6H13N3OS/c1-9-4-6(8-10-9)5-11-3-2-7/h4,8H,2-3,5,7H2,1H3. The van der Waals surface area contributed by atoms with Crippen LogP contribution in [0.3, 0.4) is 0 Å².